The van der Waals surface area contributed by atoms with Crippen molar-refractivity contribution in [3.63, 3.8) is 0 Å². The molecular weight excluding hydrogens is 264 g/mol. The van der Waals surface area contributed by atoms with Gasteiger partial charge in [-0.2, -0.15) is 0 Å². The number of rotatable bonds is 3. The first-order valence-corrected chi connectivity index (χ1v) is 7.87. The average Bonchev–Trinajstić information content (AvgIpc) is 2.81. The minimum atomic E-state index is -3.37. The van der Waals surface area contributed by atoms with Gasteiger partial charge in [-0.3, -0.25) is 4.72 Å². The summed E-state index contributed by atoms with van der Waals surface area (Å²) in [6.45, 7) is 1.48. The lowest BCUT2D eigenvalue weighted by atomic mass is 10.2. The normalized spacial score (nSPS) is 17.7. The summed E-state index contributed by atoms with van der Waals surface area (Å²) < 4.78 is 27.0. The van der Waals surface area contributed by atoms with Crippen molar-refractivity contribution in [3.8, 4) is 0 Å². The Balaban J connectivity index is 1.83. The second-order valence-electron chi connectivity index (χ2n) is 4.70. The van der Waals surface area contributed by atoms with Crippen LogP contribution in [-0.4, -0.2) is 36.7 Å². The van der Waals surface area contributed by atoms with E-state index in [0.29, 0.717) is 18.8 Å². The van der Waals surface area contributed by atoms with Gasteiger partial charge < -0.3 is 10.3 Å². The first kappa shape index (κ1) is 12.4. The fourth-order valence-electron chi connectivity index (χ4n) is 2.32. The molecule has 1 fully saturated rings. The minimum Gasteiger partial charge on any atom is -0.323 e. The summed E-state index contributed by atoms with van der Waals surface area (Å²) in [5.74, 6) is 0.291. The molecule has 1 aliphatic rings. The number of aromatic nitrogens is 2. The lowest BCUT2D eigenvalue weighted by Crippen LogP contribution is -2.38. The van der Waals surface area contributed by atoms with Crippen molar-refractivity contribution in [2.45, 2.75) is 18.1 Å². The zero-order chi connectivity index (χ0) is 13.3. The number of hydrogen-bond donors (Lipinski definition) is 3. The highest BCUT2D eigenvalue weighted by molar-refractivity contribution is 7.93. The average molecular weight is 280 g/mol. The lowest BCUT2D eigenvalue weighted by Gasteiger charge is -2.22. The molecule has 0 radical (unpaired) electrons. The van der Waals surface area contributed by atoms with Gasteiger partial charge in [-0.1, -0.05) is 12.1 Å². The number of anilines is 1. The highest BCUT2D eigenvalue weighted by atomic mass is 32.2. The van der Waals surface area contributed by atoms with E-state index >= 15 is 0 Å². The smallest absolute Gasteiger partial charge is 0.237 e. The molecule has 1 aromatic heterocycles. The SMILES string of the molecule is O=S(=O)(Nc1nc2ccccc2[nH]1)C1CCNCC1. The van der Waals surface area contributed by atoms with Gasteiger partial charge in [0.25, 0.3) is 0 Å². The van der Waals surface area contributed by atoms with Crippen LogP contribution in [0.2, 0.25) is 0 Å². The summed E-state index contributed by atoms with van der Waals surface area (Å²) in [6, 6.07) is 7.46. The largest absolute Gasteiger partial charge is 0.323 e. The molecule has 3 rings (SSSR count). The standard InChI is InChI=1S/C12H16N4O2S/c17-19(18,9-5-7-13-8-6-9)16-12-14-10-3-1-2-4-11(10)15-12/h1-4,9,13H,5-8H2,(H2,14,15,16). The molecule has 102 valence electrons. The molecule has 2 aromatic rings. The Morgan fingerprint density at radius 1 is 1.21 bits per heavy atom. The molecule has 0 bridgehead atoms. The van der Waals surface area contributed by atoms with Gasteiger partial charge in [-0.15, -0.1) is 0 Å². The molecule has 1 aliphatic heterocycles. The van der Waals surface area contributed by atoms with Crippen LogP contribution in [0.25, 0.3) is 11.0 Å². The van der Waals surface area contributed by atoms with E-state index in [-0.39, 0.29) is 5.25 Å². The quantitative estimate of drug-likeness (QED) is 0.784. The number of fused-ring (bicyclic) bond motifs is 1. The topological polar surface area (TPSA) is 86.9 Å². The fraction of sp³-hybridized carbons (Fsp3) is 0.417. The van der Waals surface area contributed by atoms with Gasteiger partial charge >= 0.3 is 0 Å². The van der Waals surface area contributed by atoms with Crippen LogP contribution in [0, 0.1) is 0 Å². The predicted molar refractivity (Wildman–Crippen MR) is 74.5 cm³/mol. The molecule has 19 heavy (non-hydrogen) atoms. The van der Waals surface area contributed by atoms with Crippen LogP contribution >= 0.6 is 0 Å². The van der Waals surface area contributed by atoms with Gasteiger partial charge in [0.15, 0.2) is 0 Å². The number of aromatic amines is 1. The van der Waals surface area contributed by atoms with E-state index in [1.165, 1.54) is 0 Å². The van der Waals surface area contributed by atoms with Crippen molar-refractivity contribution in [2.24, 2.45) is 0 Å². The Hall–Kier alpha value is -1.60. The third kappa shape index (κ3) is 2.57. The van der Waals surface area contributed by atoms with Crippen LogP contribution in [0.4, 0.5) is 5.95 Å². The Bertz CT molecular complexity index is 641. The van der Waals surface area contributed by atoms with E-state index < -0.39 is 10.0 Å². The summed E-state index contributed by atoms with van der Waals surface area (Å²) >= 11 is 0. The Morgan fingerprint density at radius 3 is 2.68 bits per heavy atom. The van der Waals surface area contributed by atoms with Crippen molar-refractivity contribution in [3.05, 3.63) is 24.3 Å². The maximum absolute atomic E-state index is 12.2. The first-order valence-electron chi connectivity index (χ1n) is 6.32. The second-order valence-corrected chi connectivity index (χ2v) is 6.66. The zero-order valence-electron chi connectivity index (χ0n) is 10.4. The Morgan fingerprint density at radius 2 is 1.95 bits per heavy atom. The number of hydrogen-bond acceptors (Lipinski definition) is 4. The zero-order valence-corrected chi connectivity index (χ0v) is 11.2. The van der Waals surface area contributed by atoms with Crippen LogP contribution in [0.5, 0.6) is 0 Å². The summed E-state index contributed by atoms with van der Waals surface area (Å²) in [5.41, 5.74) is 1.58. The van der Waals surface area contributed by atoms with E-state index in [0.717, 1.165) is 24.1 Å². The predicted octanol–water partition coefficient (Wildman–Crippen LogP) is 1.06. The first-order chi connectivity index (χ1) is 9.15. The van der Waals surface area contributed by atoms with Gasteiger partial charge in [0.05, 0.1) is 16.3 Å². The highest BCUT2D eigenvalue weighted by Crippen LogP contribution is 2.18. The molecular formula is C12H16N4O2S. The van der Waals surface area contributed by atoms with Crippen molar-refractivity contribution in [1.29, 1.82) is 0 Å². The lowest BCUT2D eigenvalue weighted by molar-refractivity contribution is 0.499. The fourth-order valence-corrected chi connectivity index (χ4v) is 3.71. The van der Waals surface area contributed by atoms with E-state index in [1.54, 1.807) is 0 Å². The number of nitrogens with one attached hydrogen (secondary N) is 3. The molecule has 6 nitrogen and oxygen atoms in total. The maximum Gasteiger partial charge on any atom is 0.237 e. The van der Waals surface area contributed by atoms with Crippen LogP contribution in [-0.2, 0) is 10.0 Å². The molecule has 0 saturated carbocycles. The molecule has 2 heterocycles. The van der Waals surface area contributed by atoms with Gasteiger partial charge in [0, 0.05) is 0 Å². The third-order valence-electron chi connectivity index (χ3n) is 3.35. The van der Waals surface area contributed by atoms with Crippen LogP contribution < -0.4 is 10.0 Å². The number of benzene rings is 1. The molecule has 1 saturated heterocycles. The number of piperidine rings is 1. The molecule has 1 aromatic carbocycles. The molecule has 3 N–H and O–H groups in total. The minimum absolute atomic E-state index is 0.291. The Kier molecular flexibility index (Phi) is 3.16. The molecule has 7 heteroatoms. The van der Waals surface area contributed by atoms with Crippen molar-refractivity contribution in [1.82, 2.24) is 15.3 Å². The summed E-state index contributed by atoms with van der Waals surface area (Å²) in [4.78, 5) is 7.21. The van der Waals surface area contributed by atoms with E-state index in [2.05, 4.69) is 20.0 Å². The maximum atomic E-state index is 12.2. The van der Waals surface area contributed by atoms with E-state index in [9.17, 15) is 8.42 Å². The van der Waals surface area contributed by atoms with Crippen LogP contribution in [0.15, 0.2) is 24.3 Å². The van der Waals surface area contributed by atoms with Gasteiger partial charge in [0.1, 0.15) is 0 Å². The van der Waals surface area contributed by atoms with Gasteiger partial charge in [-0.25, -0.2) is 13.4 Å². The highest BCUT2D eigenvalue weighted by Gasteiger charge is 2.27. The number of sulfonamides is 1. The summed E-state index contributed by atoms with van der Waals surface area (Å²) in [5, 5.41) is 2.81. The van der Waals surface area contributed by atoms with Crippen LogP contribution in [0.1, 0.15) is 12.8 Å². The number of para-hydroxylation sites is 2. The molecule has 0 amide bonds. The molecule has 0 unspecified atom stereocenters. The number of nitrogens with zero attached hydrogens (tertiary/aromatic N) is 1. The molecule has 0 aliphatic carbocycles. The summed E-state index contributed by atoms with van der Waals surface area (Å²) in [7, 11) is -3.37. The Labute approximate surface area is 111 Å². The summed E-state index contributed by atoms with van der Waals surface area (Å²) in [6.07, 6.45) is 1.27. The molecule has 0 atom stereocenters. The van der Waals surface area contributed by atoms with Crippen molar-refractivity contribution < 1.29 is 8.42 Å². The number of H-pyrrole nitrogens is 1. The molecule has 0 spiro atoms. The van der Waals surface area contributed by atoms with Crippen molar-refractivity contribution >= 4 is 27.0 Å². The second kappa shape index (κ2) is 4.82. The van der Waals surface area contributed by atoms with Gasteiger partial charge in [-0.05, 0) is 38.1 Å². The van der Waals surface area contributed by atoms with Crippen LogP contribution in [0.3, 0.4) is 0 Å². The van der Waals surface area contributed by atoms with E-state index in [4.69, 9.17) is 0 Å². The monoisotopic (exact) mass is 280 g/mol. The van der Waals surface area contributed by atoms with Crippen molar-refractivity contribution in [2.75, 3.05) is 17.8 Å². The number of imidazole rings is 1. The van der Waals surface area contributed by atoms with Gasteiger partial charge in [0.2, 0.25) is 16.0 Å². The van der Waals surface area contributed by atoms with E-state index in [1.807, 2.05) is 24.3 Å². The third-order valence-corrected chi connectivity index (χ3v) is 5.18.